The van der Waals surface area contributed by atoms with Crippen molar-refractivity contribution in [2.45, 2.75) is 63.8 Å². The van der Waals surface area contributed by atoms with Crippen LogP contribution in [0.15, 0.2) is 0 Å². The molecule has 1 saturated heterocycles. The molecule has 3 heteroatoms. The van der Waals surface area contributed by atoms with Crippen molar-refractivity contribution in [1.82, 2.24) is 5.43 Å². The summed E-state index contributed by atoms with van der Waals surface area (Å²) in [5.74, 6) is 7.41. The van der Waals surface area contributed by atoms with Crippen molar-refractivity contribution < 1.29 is 4.74 Å². The average molecular weight is 240 g/mol. The van der Waals surface area contributed by atoms with E-state index in [2.05, 4.69) is 5.43 Å². The molecule has 0 aromatic heterocycles. The van der Waals surface area contributed by atoms with Gasteiger partial charge >= 0.3 is 0 Å². The first-order valence-corrected chi connectivity index (χ1v) is 7.44. The molecule has 0 aromatic carbocycles. The summed E-state index contributed by atoms with van der Waals surface area (Å²) in [5, 5.41) is 0. The SMILES string of the molecule is NNC(CC1CCCCCC1)C1CCOCC1. The molecule has 2 rings (SSSR count). The molecule has 1 aliphatic heterocycles. The van der Waals surface area contributed by atoms with Gasteiger partial charge in [-0.05, 0) is 31.1 Å². The van der Waals surface area contributed by atoms with E-state index in [0.29, 0.717) is 6.04 Å². The smallest absolute Gasteiger partial charge is 0.0469 e. The third-order valence-corrected chi connectivity index (χ3v) is 4.61. The molecule has 0 aromatic rings. The van der Waals surface area contributed by atoms with Gasteiger partial charge in [-0.2, -0.15) is 0 Å². The van der Waals surface area contributed by atoms with Crippen molar-refractivity contribution in [2.75, 3.05) is 13.2 Å². The molecule has 1 aliphatic carbocycles. The summed E-state index contributed by atoms with van der Waals surface area (Å²) in [4.78, 5) is 0. The maximum atomic E-state index is 5.77. The largest absolute Gasteiger partial charge is 0.381 e. The normalized spacial score (nSPS) is 26.6. The maximum Gasteiger partial charge on any atom is 0.0469 e. The Morgan fingerprint density at radius 3 is 2.24 bits per heavy atom. The summed E-state index contributed by atoms with van der Waals surface area (Å²) < 4.78 is 5.44. The van der Waals surface area contributed by atoms with Gasteiger partial charge in [0, 0.05) is 19.3 Å². The Hall–Kier alpha value is -0.120. The lowest BCUT2D eigenvalue weighted by Crippen LogP contribution is -2.44. The molecular weight excluding hydrogens is 212 g/mol. The Labute approximate surface area is 105 Å². The van der Waals surface area contributed by atoms with Crippen LogP contribution >= 0.6 is 0 Å². The zero-order chi connectivity index (χ0) is 11.9. The van der Waals surface area contributed by atoms with E-state index in [1.54, 1.807) is 0 Å². The molecule has 2 fully saturated rings. The van der Waals surface area contributed by atoms with Gasteiger partial charge in [0.1, 0.15) is 0 Å². The van der Waals surface area contributed by atoms with Gasteiger partial charge in [0.25, 0.3) is 0 Å². The van der Waals surface area contributed by atoms with Gasteiger partial charge in [-0.1, -0.05) is 38.5 Å². The van der Waals surface area contributed by atoms with E-state index in [-0.39, 0.29) is 0 Å². The van der Waals surface area contributed by atoms with Crippen LogP contribution in [0.4, 0.5) is 0 Å². The topological polar surface area (TPSA) is 47.3 Å². The minimum atomic E-state index is 0.516. The molecule has 17 heavy (non-hydrogen) atoms. The Morgan fingerprint density at radius 2 is 1.65 bits per heavy atom. The monoisotopic (exact) mass is 240 g/mol. The predicted molar refractivity (Wildman–Crippen MR) is 70.5 cm³/mol. The summed E-state index contributed by atoms with van der Waals surface area (Å²) >= 11 is 0. The van der Waals surface area contributed by atoms with E-state index in [9.17, 15) is 0 Å². The van der Waals surface area contributed by atoms with Crippen LogP contribution in [0.2, 0.25) is 0 Å². The van der Waals surface area contributed by atoms with E-state index < -0.39 is 0 Å². The molecule has 100 valence electrons. The van der Waals surface area contributed by atoms with Crippen LogP contribution in [-0.4, -0.2) is 19.3 Å². The van der Waals surface area contributed by atoms with Crippen molar-refractivity contribution in [1.29, 1.82) is 0 Å². The van der Waals surface area contributed by atoms with E-state index in [0.717, 1.165) is 25.0 Å². The molecule has 1 atom stereocenters. The zero-order valence-corrected chi connectivity index (χ0v) is 11.0. The molecule has 0 amide bonds. The number of nitrogens with two attached hydrogens (primary N) is 1. The Bertz CT molecular complexity index is 196. The van der Waals surface area contributed by atoms with E-state index in [1.165, 1.54) is 57.8 Å². The lowest BCUT2D eigenvalue weighted by Gasteiger charge is -2.32. The average Bonchev–Trinajstić information content (AvgIpc) is 2.65. The minimum absolute atomic E-state index is 0.516. The van der Waals surface area contributed by atoms with Crippen molar-refractivity contribution in [3.05, 3.63) is 0 Å². The molecule has 1 saturated carbocycles. The van der Waals surface area contributed by atoms with Crippen LogP contribution in [0.5, 0.6) is 0 Å². The molecule has 1 unspecified atom stereocenters. The van der Waals surface area contributed by atoms with Gasteiger partial charge in [0.05, 0.1) is 0 Å². The molecule has 3 N–H and O–H groups in total. The standard InChI is InChI=1S/C14H28N2O/c15-16-14(13-7-9-17-10-8-13)11-12-5-3-1-2-4-6-12/h12-14,16H,1-11,15H2. The summed E-state index contributed by atoms with van der Waals surface area (Å²) in [6.45, 7) is 1.85. The second kappa shape index (κ2) is 7.34. The van der Waals surface area contributed by atoms with Crippen LogP contribution in [0, 0.1) is 11.8 Å². The van der Waals surface area contributed by atoms with Crippen LogP contribution in [0.3, 0.4) is 0 Å². The highest BCUT2D eigenvalue weighted by Gasteiger charge is 2.26. The van der Waals surface area contributed by atoms with E-state index >= 15 is 0 Å². The molecule has 2 aliphatic rings. The fraction of sp³-hybridized carbons (Fsp3) is 1.00. The van der Waals surface area contributed by atoms with Gasteiger partial charge in [-0.15, -0.1) is 0 Å². The highest BCUT2D eigenvalue weighted by atomic mass is 16.5. The molecule has 3 nitrogen and oxygen atoms in total. The highest BCUT2D eigenvalue weighted by Crippen LogP contribution is 2.30. The van der Waals surface area contributed by atoms with Crippen LogP contribution in [0.1, 0.15) is 57.8 Å². The summed E-state index contributed by atoms with van der Waals surface area (Å²) in [5.41, 5.74) is 3.08. The molecule has 0 bridgehead atoms. The third kappa shape index (κ3) is 4.23. The summed E-state index contributed by atoms with van der Waals surface area (Å²) in [7, 11) is 0. The van der Waals surface area contributed by atoms with Gasteiger partial charge in [0.15, 0.2) is 0 Å². The Balaban J connectivity index is 1.80. The van der Waals surface area contributed by atoms with E-state index in [4.69, 9.17) is 10.6 Å². The quantitative estimate of drug-likeness (QED) is 0.451. The number of hydrogen-bond acceptors (Lipinski definition) is 3. The first-order valence-electron chi connectivity index (χ1n) is 7.44. The lowest BCUT2D eigenvalue weighted by molar-refractivity contribution is 0.0497. The van der Waals surface area contributed by atoms with Crippen molar-refractivity contribution in [3.8, 4) is 0 Å². The van der Waals surface area contributed by atoms with Crippen LogP contribution in [-0.2, 0) is 4.74 Å². The number of hydrogen-bond donors (Lipinski definition) is 2. The lowest BCUT2D eigenvalue weighted by atomic mass is 9.83. The highest BCUT2D eigenvalue weighted by molar-refractivity contribution is 4.80. The third-order valence-electron chi connectivity index (χ3n) is 4.61. The maximum absolute atomic E-state index is 5.77. The number of rotatable bonds is 4. The van der Waals surface area contributed by atoms with Crippen molar-refractivity contribution >= 4 is 0 Å². The number of ether oxygens (including phenoxy) is 1. The first kappa shape index (κ1) is 13.3. The summed E-state index contributed by atoms with van der Waals surface area (Å²) in [6, 6.07) is 0.516. The number of hydrazine groups is 1. The molecular formula is C14H28N2O. The Kier molecular flexibility index (Phi) is 5.75. The zero-order valence-electron chi connectivity index (χ0n) is 11.0. The van der Waals surface area contributed by atoms with Crippen molar-refractivity contribution in [2.24, 2.45) is 17.7 Å². The van der Waals surface area contributed by atoms with Crippen molar-refractivity contribution in [3.63, 3.8) is 0 Å². The van der Waals surface area contributed by atoms with E-state index in [1.807, 2.05) is 0 Å². The van der Waals surface area contributed by atoms with Gasteiger partial charge in [0.2, 0.25) is 0 Å². The molecule has 0 radical (unpaired) electrons. The summed E-state index contributed by atoms with van der Waals surface area (Å²) in [6.07, 6.45) is 12.2. The second-order valence-electron chi connectivity index (χ2n) is 5.82. The van der Waals surface area contributed by atoms with Crippen LogP contribution in [0.25, 0.3) is 0 Å². The second-order valence-corrected chi connectivity index (χ2v) is 5.82. The fourth-order valence-corrected chi connectivity index (χ4v) is 3.47. The minimum Gasteiger partial charge on any atom is -0.381 e. The molecule has 0 spiro atoms. The van der Waals surface area contributed by atoms with Gasteiger partial charge < -0.3 is 4.74 Å². The Morgan fingerprint density at radius 1 is 1.00 bits per heavy atom. The number of nitrogens with one attached hydrogen (secondary N) is 1. The van der Waals surface area contributed by atoms with Gasteiger partial charge in [-0.3, -0.25) is 11.3 Å². The van der Waals surface area contributed by atoms with Gasteiger partial charge in [-0.25, -0.2) is 0 Å². The fourth-order valence-electron chi connectivity index (χ4n) is 3.47. The first-order chi connectivity index (χ1) is 8.40. The predicted octanol–water partition coefficient (Wildman–Crippen LogP) is 2.61. The molecule has 1 heterocycles. The van der Waals surface area contributed by atoms with Crippen LogP contribution < -0.4 is 11.3 Å².